The summed E-state index contributed by atoms with van der Waals surface area (Å²) in [6.45, 7) is 1.66. The van der Waals surface area contributed by atoms with Gasteiger partial charge in [-0.15, -0.1) is 0 Å². The molecule has 27 heavy (non-hydrogen) atoms. The van der Waals surface area contributed by atoms with Gasteiger partial charge in [-0.25, -0.2) is 8.42 Å². The predicted molar refractivity (Wildman–Crippen MR) is 98.4 cm³/mol. The number of nitro groups is 1. The lowest BCUT2D eigenvalue weighted by Gasteiger charge is -2.35. The van der Waals surface area contributed by atoms with Crippen LogP contribution in [0.15, 0.2) is 40.8 Å². The molecule has 3 rings (SSSR count). The molecular weight excluding hydrogens is 376 g/mol. The third-order valence-corrected chi connectivity index (χ3v) is 5.50. The van der Waals surface area contributed by atoms with Gasteiger partial charge >= 0.3 is 5.88 Å². The summed E-state index contributed by atoms with van der Waals surface area (Å²) in [6.07, 6.45) is 1.18. The number of hydrogen-bond acceptors (Lipinski definition) is 7. The Balaban J connectivity index is 1.74. The third kappa shape index (κ3) is 4.26. The van der Waals surface area contributed by atoms with Crippen molar-refractivity contribution < 1.29 is 22.6 Å². The van der Waals surface area contributed by atoms with Crippen molar-refractivity contribution in [1.29, 1.82) is 0 Å². The number of anilines is 2. The number of nitrogens with zero attached hydrogens (tertiary/aromatic N) is 3. The highest BCUT2D eigenvalue weighted by molar-refractivity contribution is 7.88. The second-order valence-corrected chi connectivity index (χ2v) is 8.00. The van der Waals surface area contributed by atoms with E-state index in [4.69, 9.17) is 4.42 Å². The number of amides is 1. The molecule has 11 heteroatoms. The summed E-state index contributed by atoms with van der Waals surface area (Å²) in [7, 11) is -3.23. The zero-order chi connectivity index (χ0) is 19.6. The minimum atomic E-state index is -3.23. The Morgan fingerprint density at radius 1 is 1.15 bits per heavy atom. The highest BCUT2D eigenvalue weighted by atomic mass is 32.2. The van der Waals surface area contributed by atoms with Crippen molar-refractivity contribution >= 4 is 33.2 Å². The molecule has 1 saturated heterocycles. The van der Waals surface area contributed by atoms with E-state index in [0.29, 0.717) is 31.9 Å². The molecule has 0 aliphatic carbocycles. The molecule has 10 nitrogen and oxygen atoms in total. The van der Waals surface area contributed by atoms with Crippen LogP contribution < -0.4 is 10.2 Å². The maximum Gasteiger partial charge on any atom is 0.433 e. The molecule has 1 aliphatic rings. The molecule has 144 valence electrons. The van der Waals surface area contributed by atoms with Crippen molar-refractivity contribution in [2.45, 2.75) is 0 Å². The van der Waals surface area contributed by atoms with Crippen LogP contribution >= 0.6 is 0 Å². The number of carbonyl (C=O) groups is 1. The number of benzene rings is 1. The van der Waals surface area contributed by atoms with E-state index < -0.39 is 26.7 Å². The number of rotatable bonds is 5. The molecule has 0 radical (unpaired) electrons. The molecule has 0 saturated carbocycles. The molecule has 2 aromatic rings. The first-order chi connectivity index (χ1) is 12.8. The van der Waals surface area contributed by atoms with Crippen LogP contribution in [0.2, 0.25) is 0 Å². The zero-order valence-electron chi connectivity index (χ0n) is 14.5. The van der Waals surface area contributed by atoms with Crippen LogP contribution in [0.4, 0.5) is 17.3 Å². The number of carbonyl (C=O) groups excluding carboxylic acids is 1. The fourth-order valence-corrected chi connectivity index (χ4v) is 3.67. The maximum absolute atomic E-state index is 12.3. The van der Waals surface area contributed by atoms with Crippen LogP contribution in [0.5, 0.6) is 0 Å². The van der Waals surface area contributed by atoms with Gasteiger partial charge < -0.3 is 14.6 Å². The molecule has 1 fully saturated rings. The van der Waals surface area contributed by atoms with Gasteiger partial charge in [0.2, 0.25) is 10.0 Å². The van der Waals surface area contributed by atoms with Crippen molar-refractivity contribution in [3.05, 3.63) is 52.3 Å². The molecule has 0 atom stereocenters. The molecular formula is C16H18N4O6S. The van der Waals surface area contributed by atoms with Crippen molar-refractivity contribution in [2.75, 3.05) is 42.7 Å². The molecule has 1 N–H and O–H groups in total. The van der Waals surface area contributed by atoms with Crippen LogP contribution in [0, 0.1) is 10.1 Å². The molecule has 0 unspecified atom stereocenters. The van der Waals surface area contributed by atoms with Gasteiger partial charge in [0.05, 0.1) is 23.7 Å². The fraction of sp³-hybridized carbons (Fsp3) is 0.312. The van der Waals surface area contributed by atoms with Gasteiger partial charge in [0.1, 0.15) is 4.92 Å². The summed E-state index contributed by atoms with van der Waals surface area (Å²) in [6, 6.07) is 9.43. The van der Waals surface area contributed by atoms with Crippen molar-refractivity contribution in [2.24, 2.45) is 0 Å². The van der Waals surface area contributed by atoms with Crippen LogP contribution in [-0.2, 0) is 10.0 Å². The molecule has 0 bridgehead atoms. The molecule has 1 aromatic carbocycles. The monoisotopic (exact) mass is 394 g/mol. The maximum atomic E-state index is 12.3. The first kappa shape index (κ1) is 18.9. The van der Waals surface area contributed by atoms with Gasteiger partial charge in [-0.1, -0.05) is 12.1 Å². The van der Waals surface area contributed by atoms with Gasteiger partial charge in [-0.2, -0.15) is 4.31 Å². The molecule has 1 amide bonds. The Morgan fingerprint density at radius 3 is 2.41 bits per heavy atom. The average Bonchev–Trinajstić information content (AvgIpc) is 3.12. The Hall–Kier alpha value is -2.92. The van der Waals surface area contributed by atoms with Crippen molar-refractivity contribution in [3.8, 4) is 0 Å². The van der Waals surface area contributed by atoms with E-state index in [1.165, 1.54) is 16.6 Å². The van der Waals surface area contributed by atoms with Crippen LogP contribution in [0.25, 0.3) is 0 Å². The lowest BCUT2D eigenvalue weighted by molar-refractivity contribution is -0.402. The third-order valence-electron chi connectivity index (χ3n) is 4.20. The molecule has 1 aliphatic heterocycles. The minimum Gasteiger partial charge on any atom is -0.395 e. The Morgan fingerprint density at radius 2 is 1.81 bits per heavy atom. The largest absolute Gasteiger partial charge is 0.433 e. The summed E-state index contributed by atoms with van der Waals surface area (Å²) >= 11 is 0. The standard InChI is InChI=1S/C16H18N4O6S/c1-27(24,25)19-10-8-18(9-11-19)13-5-3-2-4-12(13)17-16(21)14-6-7-15(26-14)20(22)23/h2-7H,8-11H2,1H3,(H,17,21). The Labute approximate surface area is 155 Å². The Kier molecular flexibility index (Phi) is 5.15. The van der Waals surface area contributed by atoms with E-state index in [1.807, 2.05) is 17.0 Å². The van der Waals surface area contributed by atoms with Gasteiger partial charge in [-0.05, 0) is 18.2 Å². The van der Waals surface area contributed by atoms with Crippen molar-refractivity contribution in [1.82, 2.24) is 4.31 Å². The van der Waals surface area contributed by atoms with Crippen molar-refractivity contribution in [3.63, 3.8) is 0 Å². The molecule has 1 aromatic heterocycles. The molecule has 2 heterocycles. The summed E-state index contributed by atoms with van der Waals surface area (Å²) < 4.78 is 29.6. The topological polar surface area (TPSA) is 126 Å². The van der Waals surface area contributed by atoms with E-state index in [1.54, 1.807) is 12.1 Å². The van der Waals surface area contributed by atoms with E-state index in [2.05, 4.69) is 5.32 Å². The zero-order valence-corrected chi connectivity index (χ0v) is 15.3. The minimum absolute atomic E-state index is 0.168. The van der Waals surface area contributed by atoms with Gasteiger partial charge in [0.25, 0.3) is 5.91 Å². The van der Waals surface area contributed by atoms with Gasteiger partial charge in [0.15, 0.2) is 5.76 Å². The van der Waals surface area contributed by atoms with Gasteiger partial charge in [-0.3, -0.25) is 14.9 Å². The van der Waals surface area contributed by atoms with Crippen LogP contribution in [-0.4, -0.2) is 56.0 Å². The summed E-state index contributed by atoms with van der Waals surface area (Å²) in [5, 5.41) is 13.4. The lowest BCUT2D eigenvalue weighted by Crippen LogP contribution is -2.48. The summed E-state index contributed by atoms with van der Waals surface area (Å²) in [5.41, 5.74) is 1.24. The second-order valence-electron chi connectivity index (χ2n) is 6.02. The predicted octanol–water partition coefficient (Wildman–Crippen LogP) is 1.52. The number of para-hydroxylation sites is 2. The summed E-state index contributed by atoms with van der Waals surface area (Å²) in [4.78, 5) is 24.3. The first-order valence-corrected chi connectivity index (χ1v) is 9.95. The number of nitrogens with one attached hydrogen (secondary N) is 1. The van der Waals surface area contributed by atoms with Crippen LogP contribution in [0.3, 0.4) is 0 Å². The SMILES string of the molecule is CS(=O)(=O)N1CCN(c2ccccc2NC(=O)c2ccc([N+](=O)[O-])o2)CC1. The second kappa shape index (κ2) is 7.37. The molecule has 0 spiro atoms. The highest BCUT2D eigenvalue weighted by Crippen LogP contribution is 2.28. The first-order valence-electron chi connectivity index (χ1n) is 8.10. The Bertz CT molecular complexity index is 963. The number of hydrogen-bond donors (Lipinski definition) is 1. The van der Waals surface area contributed by atoms with Crippen LogP contribution in [0.1, 0.15) is 10.6 Å². The summed E-state index contributed by atoms with van der Waals surface area (Å²) in [5.74, 6) is -1.28. The van der Waals surface area contributed by atoms with E-state index >= 15 is 0 Å². The van der Waals surface area contributed by atoms with Gasteiger partial charge in [0, 0.05) is 26.2 Å². The number of furan rings is 1. The quantitative estimate of drug-likeness (QED) is 0.602. The smallest absolute Gasteiger partial charge is 0.395 e. The normalized spacial score (nSPS) is 15.5. The number of piperazine rings is 1. The van der Waals surface area contributed by atoms with E-state index in [0.717, 1.165) is 11.8 Å². The number of sulfonamides is 1. The fourth-order valence-electron chi connectivity index (χ4n) is 2.85. The van der Waals surface area contributed by atoms with E-state index in [9.17, 15) is 23.3 Å². The average molecular weight is 394 g/mol. The van der Waals surface area contributed by atoms with E-state index in [-0.39, 0.29) is 5.76 Å². The lowest BCUT2D eigenvalue weighted by atomic mass is 10.2. The highest BCUT2D eigenvalue weighted by Gasteiger charge is 2.25.